The summed E-state index contributed by atoms with van der Waals surface area (Å²) in [6.07, 6.45) is 2.51. The minimum absolute atomic E-state index is 0. The number of hydrogen-bond acceptors (Lipinski definition) is 2. The molecule has 28 heavy (non-hydrogen) atoms. The monoisotopic (exact) mass is 494 g/mol. The minimum Gasteiger partial charge on any atom is -0.356 e. The van der Waals surface area contributed by atoms with Gasteiger partial charge in [-0.1, -0.05) is 60.7 Å². The fourth-order valence-corrected chi connectivity index (χ4v) is 2.79. The minimum atomic E-state index is 0. The molecule has 1 amide bonds. The molecule has 0 radical (unpaired) electrons. The first-order valence-electron chi connectivity index (χ1n) is 9.45. The Bertz CT molecular complexity index is 707. The molecule has 0 saturated carbocycles. The molecule has 2 rings (SSSR count). The molecule has 0 aliphatic rings. The van der Waals surface area contributed by atoms with Gasteiger partial charge in [-0.25, -0.2) is 0 Å². The highest BCUT2D eigenvalue weighted by Crippen LogP contribution is 2.04. The van der Waals surface area contributed by atoms with Gasteiger partial charge in [-0.15, -0.1) is 24.0 Å². The summed E-state index contributed by atoms with van der Waals surface area (Å²) in [5.74, 6) is 0.854. The van der Waals surface area contributed by atoms with Crippen molar-refractivity contribution in [2.75, 3.05) is 27.2 Å². The SMILES string of the molecule is CN=C(NCCCc1ccccc1)NCCC(=O)N(C)Cc1ccccc1.I. The maximum absolute atomic E-state index is 12.3. The van der Waals surface area contributed by atoms with E-state index in [0.717, 1.165) is 30.9 Å². The third-order valence-corrected chi connectivity index (χ3v) is 4.32. The summed E-state index contributed by atoms with van der Waals surface area (Å²) in [5, 5.41) is 6.51. The Balaban J connectivity index is 0.00000392. The van der Waals surface area contributed by atoms with Crippen LogP contribution in [0.2, 0.25) is 0 Å². The molecule has 2 N–H and O–H groups in total. The van der Waals surface area contributed by atoms with Crippen LogP contribution in [0, 0.1) is 0 Å². The van der Waals surface area contributed by atoms with Gasteiger partial charge in [-0.3, -0.25) is 9.79 Å². The number of halogens is 1. The van der Waals surface area contributed by atoms with E-state index in [9.17, 15) is 4.79 Å². The molecule has 0 fully saturated rings. The molecule has 0 heterocycles. The van der Waals surface area contributed by atoms with Crippen molar-refractivity contribution in [3.63, 3.8) is 0 Å². The van der Waals surface area contributed by atoms with E-state index in [2.05, 4.69) is 39.9 Å². The highest BCUT2D eigenvalue weighted by atomic mass is 127. The predicted octanol–water partition coefficient (Wildman–Crippen LogP) is 3.45. The maximum atomic E-state index is 12.3. The van der Waals surface area contributed by atoms with Gasteiger partial charge >= 0.3 is 0 Å². The molecular formula is C22H31IN4O. The smallest absolute Gasteiger partial charge is 0.224 e. The van der Waals surface area contributed by atoms with E-state index in [-0.39, 0.29) is 29.9 Å². The number of benzene rings is 2. The van der Waals surface area contributed by atoms with Gasteiger partial charge in [-0.2, -0.15) is 0 Å². The number of aliphatic imine (C=N–C) groups is 1. The molecule has 0 spiro atoms. The number of amides is 1. The lowest BCUT2D eigenvalue weighted by atomic mass is 10.1. The van der Waals surface area contributed by atoms with Crippen LogP contribution >= 0.6 is 24.0 Å². The zero-order valence-electron chi connectivity index (χ0n) is 16.7. The number of carbonyl (C=O) groups is 1. The van der Waals surface area contributed by atoms with Crippen molar-refractivity contribution in [2.45, 2.75) is 25.8 Å². The van der Waals surface area contributed by atoms with Crippen LogP contribution in [0.3, 0.4) is 0 Å². The summed E-state index contributed by atoms with van der Waals surface area (Å²) >= 11 is 0. The number of aryl methyl sites for hydroxylation is 1. The lowest BCUT2D eigenvalue weighted by Crippen LogP contribution is -2.40. The lowest BCUT2D eigenvalue weighted by Gasteiger charge is -2.18. The second-order valence-electron chi connectivity index (χ2n) is 6.50. The molecule has 6 heteroatoms. The van der Waals surface area contributed by atoms with Crippen LogP contribution in [0.5, 0.6) is 0 Å². The van der Waals surface area contributed by atoms with E-state index in [4.69, 9.17) is 0 Å². The number of guanidine groups is 1. The number of rotatable bonds is 9. The average molecular weight is 494 g/mol. The second kappa shape index (κ2) is 14.0. The fraction of sp³-hybridized carbons (Fsp3) is 0.364. The van der Waals surface area contributed by atoms with E-state index in [0.29, 0.717) is 19.5 Å². The van der Waals surface area contributed by atoms with Gasteiger partial charge in [0.05, 0.1) is 0 Å². The zero-order chi connectivity index (χ0) is 19.3. The molecule has 5 nitrogen and oxygen atoms in total. The topological polar surface area (TPSA) is 56.7 Å². The zero-order valence-corrected chi connectivity index (χ0v) is 19.1. The van der Waals surface area contributed by atoms with E-state index in [1.165, 1.54) is 5.56 Å². The highest BCUT2D eigenvalue weighted by Gasteiger charge is 2.09. The van der Waals surface area contributed by atoms with Crippen LogP contribution in [0.15, 0.2) is 65.7 Å². The van der Waals surface area contributed by atoms with Crippen molar-refractivity contribution in [3.05, 3.63) is 71.8 Å². The summed E-state index contributed by atoms with van der Waals surface area (Å²) in [5.41, 5.74) is 2.48. The molecule has 0 saturated heterocycles. The van der Waals surface area contributed by atoms with Gasteiger partial charge in [-0.05, 0) is 24.0 Å². The third kappa shape index (κ3) is 9.21. The van der Waals surface area contributed by atoms with Gasteiger partial charge < -0.3 is 15.5 Å². The molecule has 0 unspecified atom stereocenters. The summed E-state index contributed by atoms with van der Waals surface area (Å²) in [4.78, 5) is 18.2. The van der Waals surface area contributed by atoms with Crippen LogP contribution in [0.4, 0.5) is 0 Å². The molecule has 0 aromatic heterocycles. The maximum Gasteiger partial charge on any atom is 0.224 e. The Kier molecular flexibility index (Phi) is 12.0. The summed E-state index contributed by atoms with van der Waals surface area (Å²) < 4.78 is 0. The van der Waals surface area contributed by atoms with Gasteiger partial charge in [0.25, 0.3) is 0 Å². The molecule has 2 aromatic rings. The van der Waals surface area contributed by atoms with Gasteiger partial charge in [0, 0.05) is 40.2 Å². The Labute approximate surface area is 185 Å². The van der Waals surface area contributed by atoms with Crippen molar-refractivity contribution in [1.82, 2.24) is 15.5 Å². The molecule has 152 valence electrons. The van der Waals surface area contributed by atoms with Gasteiger partial charge in [0.1, 0.15) is 0 Å². The number of nitrogens with one attached hydrogen (secondary N) is 2. The van der Waals surface area contributed by atoms with Gasteiger partial charge in [0.2, 0.25) is 5.91 Å². The van der Waals surface area contributed by atoms with E-state index in [1.54, 1.807) is 11.9 Å². The largest absolute Gasteiger partial charge is 0.356 e. The molecule has 0 atom stereocenters. The predicted molar refractivity (Wildman–Crippen MR) is 127 cm³/mol. The Morgan fingerprint density at radius 2 is 1.50 bits per heavy atom. The second-order valence-corrected chi connectivity index (χ2v) is 6.50. The summed E-state index contributed by atoms with van der Waals surface area (Å²) in [6.45, 7) is 2.04. The standard InChI is InChI=1S/C22H30N4O.HI/c1-23-22(24-16-9-14-19-10-5-3-6-11-19)25-17-15-21(27)26(2)18-20-12-7-4-8-13-20;/h3-8,10-13H,9,14-18H2,1-2H3,(H2,23,24,25);1H. The van der Waals surface area contributed by atoms with E-state index < -0.39 is 0 Å². The van der Waals surface area contributed by atoms with Crippen LogP contribution in [0.25, 0.3) is 0 Å². The highest BCUT2D eigenvalue weighted by molar-refractivity contribution is 14.0. The van der Waals surface area contributed by atoms with Gasteiger partial charge in [0.15, 0.2) is 5.96 Å². The molecule has 2 aromatic carbocycles. The summed E-state index contributed by atoms with van der Waals surface area (Å²) in [6, 6.07) is 20.5. The molecular weight excluding hydrogens is 463 g/mol. The number of hydrogen-bond donors (Lipinski definition) is 2. The van der Waals surface area contributed by atoms with Crippen molar-refractivity contribution >= 4 is 35.8 Å². The number of carbonyl (C=O) groups excluding carboxylic acids is 1. The first kappa shape index (κ1) is 23.9. The van der Waals surface area contributed by atoms with Crippen LogP contribution in [-0.2, 0) is 17.8 Å². The van der Waals surface area contributed by atoms with Crippen LogP contribution in [-0.4, -0.2) is 44.0 Å². The van der Waals surface area contributed by atoms with Crippen molar-refractivity contribution in [1.29, 1.82) is 0 Å². The number of nitrogens with zero attached hydrogens (tertiary/aromatic N) is 2. The van der Waals surface area contributed by atoms with Crippen LogP contribution in [0.1, 0.15) is 24.0 Å². The summed E-state index contributed by atoms with van der Waals surface area (Å²) in [7, 11) is 3.59. The Morgan fingerprint density at radius 3 is 2.11 bits per heavy atom. The molecule has 0 bridgehead atoms. The Morgan fingerprint density at radius 1 is 0.929 bits per heavy atom. The van der Waals surface area contributed by atoms with Crippen molar-refractivity contribution in [3.8, 4) is 0 Å². The normalized spacial score (nSPS) is 10.7. The fourth-order valence-electron chi connectivity index (χ4n) is 2.79. The van der Waals surface area contributed by atoms with E-state index in [1.807, 2.05) is 43.4 Å². The quantitative estimate of drug-likeness (QED) is 0.243. The first-order valence-corrected chi connectivity index (χ1v) is 9.45. The molecule has 0 aliphatic heterocycles. The molecule has 0 aliphatic carbocycles. The lowest BCUT2D eigenvalue weighted by molar-refractivity contribution is -0.130. The van der Waals surface area contributed by atoms with E-state index >= 15 is 0 Å². The third-order valence-electron chi connectivity index (χ3n) is 4.32. The Hall–Kier alpha value is -2.09. The van der Waals surface area contributed by atoms with Crippen molar-refractivity contribution in [2.24, 2.45) is 4.99 Å². The van der Waals surface area contributed by atoms with Crippen LogP contribution < -0.4 is 10.6 Å². The van der Waals surface area contributed by atoms with Crippen molar-refractivity contribution < 1.29 is 4.79 Å². The first-order chi connectivity index (χ1) is 13.2. The average Bonchev–Trinajstić information content (AvgIpc) is 2.71.